The lowest BCUT2D eigenvalue weighted by Crippen LogP contribution is -2.28. The van der Waals surface area contributed by atoms with Crippen molar-refractivity contribution in [3.8, 4) is 0 Å². The molecule has 0 aliphatic carbocycles. The third-order valence-corrected chi connectivity index (χ3v) is 4.55. The first-order valence-corrected chi connectivity index (χ1v) is 9.69. The molecule has 2 aromatic carbocycles. The molecule has 0 saturated heterocycles. The van der Waals surface area contributed by atoms with Crippen molar-refractivity contribution in [2.45, 2.75) is 33.1 Å². The first kappa shape index (κ1) is 20.6. The van der Waals surface area contributed by atoms with Gasteiger partial charge in [0.2, 0.25) is 0 Å². The summed E-state index contributed by atoms with van der Waals surface area (Å²) in [5.41, 5.74) is 3.02. The molecular weight excluding hydrogens is 366 g/mol. The molecule has 1 heterocycles. The molecule has 5 nitrogen and oxygen atoms in total. The highest BCUT2D eigenvalue weighted by Crippen LogP contribution is 2.11. The van der Waals surface area contributed by atoms with Gasteiger partial charge in [-0.1, -0.05) is 60.7 Å². The number of rotatable bonds is 9. The number of pyridine rings is 1. The lowest BCUT2D eigenvalue weighted by molar-refractivity contribution is -0.142. The van der Waals surface area contributed by atoms with E-state index < -0.39 is 5.97 Å². The fourth-order valence-electron chi connectivity index (χ4n) is 3.10. The van der Waals surface area contributed by atoms with Gasteiger partial charge in [0.25, 0.3) is 5.56 Å². The molecule has 0 aliphatic rings. The van der Waals surface area contributed by atoms with Gasteiger partial charge in [-0.25, -0.2) is 0 Å². The minimum atomic E-state index is -0.411. The van der Waals surface area contributed by atoms with Gasteiger partial charge in [0, 0.05) is 11.8 Å². The molecule has 5 heteroatoms. The average Bonchev–Trinajstić information content (AvgIpc) is 2.74. The van der Waals surface area contributed by atoms with E-state index in [0.29, 0.717) is 24.3 Å². The Labute approximate surface area is 170 Å². The molecule has 0 spiro atoms. The Kier molecular flexibility index (Phi) is 7.36. The van der Waals surface area contributed by atoms with Crippen molar-refractivity contribution in [1.82, 2.24) is 4.57 Å². The van der Waals surface area contributed by atoms with Crippen LogP contribution >= 0.6 is 0 Å². The number of esters is 1. The molecule has 0 bridgehead atoms. The molecule has 0 aliphatic heterocycles. The molecule has 29 heavy (non-hydrogen) atoms. The summed E-state index contributed by atoms with van der Waals surface area (Å²) in [5.74, 6) is -0.411. The van der Waals surface area contributed by atoms with E-state index in [2.05, 4.69) is 0 Å². The molecule has 1 aromatic heterocycles. The molecule has 0 atom stereocenters. The Balaban J connectivity index is 1.81. The second kappa shape index (κ2) is 10.4. The molecule has 0 radical (unpaired) electrons. The Bertz CT molecular complexity index is 981. The number of ether oxygens (including phenoxy) is 2. The van der Waals surface area contributed by atoms with Gasteiger partial charge in [0.1, 0.15) is 0 Å². The van der Waals surface area contributed by atoms with E-state index >= 15 is 0 Å². The normalized spacial score (nSPS) is 10.7. The summed E-state index contributed by atoms with van der Waals surface area (Å²) in [6, 6.07) is 21.4. The number of carbonyl (C=O) groups is 1. The van der Waals surface area contributed by atoms with E-state index in [1.165, 1.54) is 0 Å². The predicted molar refractivity (Wildman–Crippen MR) is 112 cm³/mol. The summed E-state index contributed by atoms with van der Waals surface area (Å²) in [7, 11) is 0. The topological polar surface area (TPSA) is 57.5 Å². The number of carbonyl (C=O) groups excluding carboxylic acids is 1. The van der Waals surface area contributed by atoms with Crippen molar-refractivity contribution < 1.29 is 14.3 Å². The second-order valence-corrected chi connectivity index (χ2v) is 6.70. The number of nitrogens with zero attached hydrogens (tertiary/aromatic N) is 1. The van der Waals surface area contributed by atoms with Crippen LogP contribution in [0.2, 0.25) is 0 Å². The summed E-state index contributed by atoms with van der Waals surface area (Å²) in [6.07, 6.45) is 1.69. The van der Waals surface area contributed by atoms with E-state index in [1.807, 2.05) is 66.7 Å². The summed E-state index contributed by atoms with van der Waals surface area (Å²) in [6.45, 7) is 3.17. The van der Waals surface area contributed by atoms with Crippen LogP contribution in [-0.2, 0) is 40.4 Å². The molecule has 0 N–H and O–H groups in total. The fraction of sp³-hybridized carbons (Fsp3) is 0.250. The van der Waals surface area contributed by atoms with Gasteiger partial charge in [-0.05, 0) is 29.7 Å². The maximum Gasteiger partial charge on any atom is 0.310 e. The van der Waals surface area contributed by atoms with Gasteiger partial charge < -0.3 is 14.0 Å². The maximum atomic E-state index is 13.1. The van der Waals surface area contributed by atoms with Crippen LogP contribution in [-0.4, -0.2) is 17.1 Å². The van der Waals surface area contributed by atoms with Crippen molar-refractivity contribution in [2.75, 3.05) is 6.61 Å². The zero-order valence-electron chi connectivity index (χ0n) is 16.5. The first-order valence-electron chi connectivity index (χ1n) is 9.69. The number of aromatic nitrogens is 1. The average molecular weight is 391 g/mol. The minimum Gasteiger partial charge on any atom is -0.466 e. The van der Waals surface area contributed by atoms with Crippen LogP contribution < -0.4 is 5.56 Å². The minimum absolute atomic E-state index is 0.0632. The molecule has 3 aromatic rings. The second-order valence-electron chi connectivity index (χ2n) is 6.70. The van der Waals surface area contributed by atoms with Crippen molar-refractivity contribution in [1.29, 1.82) is 0 Å². The Morgan fingerprint density at radius 1 is 0.897 bits per heavy atom. The molecule has 0 unspecified atom stereocenters. The van der Waals surface area contributed by atoms with E-state index in [1.54, 1.807) is 17.7 Å². The summed E-state index contributed by atoms with van der Waals surface area (Å²) >= 11 is 0. The van der Waals surface area contributed by atoms with Gasteiger partial charge in [-0.3, -0.25) is 9.59 Å². The Morgan fingerprint density at radius 2 is 1.55 bits per heavy atom. The zero-order valence-corrected chi connectivity index (χ0v) is 16.5. The SMILES string of the molecule is CCOC(=O)Cc1c(COCc2ccccc2)ccn(Cc2ccccc2)c1=O. The van der Waals surface area contributed by atoms with Crippen LogP contribution in [0.25, 0.3) is 0 Å². The third-order valence-electron chi connectivity index (χ3n) is 4.55. The van der Waals surface area contributed by atoms with Crippen LogP contribution in [0, 0.1) is 0 Å². The third kappa shape index (κ3) is 5.90. The number of hydrogen-bond donors (Lipinski definition) is 0. The van der Waals surface area contributed by atoms with E-state index in [-0.39, 0.29) is 25.2 Å². The number of benzene rings is 2. The Hall–Kier alpha value is -3.18. The summed E-state index contributed by atoms with van der Waals surface area (Å²) < 4.78 is 12.5. The van der Waals surface area contributed by atoms with Gasteiger partial charge in [-0.15, -0.1) is 0 Å². The van der Waals surface area contributed by atoms with Crippen molar-refractivity contribution in [3.05, 3.63) is 106 Å². The van der Waals surface area contributed by atoms with Crippen LogP contribution in [0.1, 0.15) is 29.2 Å². The Morgan fingerprint density at radius 3 is 2.21 bits per heavy atom. The van der Waals surface area contributed by atoms with Crippen LogP contribution in [0.15, 0.2) is 77.7 Å². The number of hydrogen-bond acceptors (Lipinski definition) is 4. The summed E-state index contributed by atoms with van der Waals surface area (Å²) in [5, 5.41) is 0. The summed E-state index contributed by atoms with van der Waals surface area (Å²) in [4.78, 5) is 25.1. The van der Waals surface area contributed by atoms with Gasteiger partial charge in [0.05, 0.1) is 32.8 Å². The highest BCUT2D eigenvalue weighted by atomic mass is 16.5. The van der Waals surface area contributed by atoms with Crippen molar-refractivity contribution in [3.63, 3.8) is 0 Å². The highest BCUT2D eigenvalue weighted by molar-refractivity contribution is 5.72. The molecule has 3 rings (SSSR count). The molecule has 0 fully saturated rings. The van der Waals surface area contributed by atoms with Crippen molar-refractivity contribution in [2.24, 2.45) is 0 Å². The fourth-order valence-corrected chi connectivity index (χ4v) is 3.10. The molecule has 150 valence electrons. The van der Waals surface area contributed by atoms with E-state index in [0.717, 1.165) is 11.1 Å². The van der Waals surface area contributed by atoms with Crippen LogP contribution in [0.5, 0.6) is 0 Å². The van der Waals surface area contributed by atoms with Crippen molar-refractivity contribution >= 4 is 5.97 Å². The van der Waals surface area contributed by atoms with Gasteiger partial charge >= 0.3 is 5.97 Å². The molecule has 0 amide bonds. The lowest BCUT2D eigenvalue weighted by Gasteiger charge is -2.13. The maximum absolute atomic E-state index is 13.1. The standard InChI is InChI=1S/C24H25NO4/c1-2-29-23(26)15-22-21(18-28-17-20-11-7-4-8-12-20)13-14-25(24(22)27)16-19-9-5-3-6-10-19/h3-14H,2,15-18H2,1H3. The molecular formula is C24H25NO4. The largest absolute Gasteiger partial charge is 0.466 e. The lowest BCUT2D eigenvalue weighted by atomic mass is 10.1. The zero-order chi connectivity index (χ0) is 20.5. The molecule has 0 saturated carbocycles. The first-order chi connectivity index (χ1) is 14.2. The quantitative estimate of drug-likeness (QED) is 0.522. The van der Waals surface area contributed by atoms with Gasteiger partial charge in [0.15, 0.2) is 0 Å². The van der Waals surface area contributed by atoms with E-state index in [4.69, 9.17) is 9.47 Å². The predicted octanol–water partition coefficient (Wildman–Crippen LogP) is 3.72. The van der Waals surface area contributed by atoms with Gasteiger partial charge in [-0.2, -0.15) is 0 Å². The smallest absolute Gasteiger partial charge is 0.310 e. The monoisotopic (exact) mass is 391 g/mol. The van der Waals surface area contributed by atoms with Crippen LogP contribution in [0.4, 0.5) is 0 Å². The highest BCUT2D eigenvalue weighted by Gasteiger charge is 2.15. The van der Waals surface area contributed by atoms with Crippen LogP contribution in [0.3, 0.4) is 0 Å². The van der Waals surface area contributed by atoms with E-state index in [9.17, 15) is 9.59 Å².